The molecule has 2 aromatic rings. The minimum absolute atomic E-state index is 0.0919. The molecule has 1 N–H and O–H groups in total. The van der Waals surface area contributed by atoms with E-state index in [9.17, 15) is 9.59 Å². The van der Waals surface area contributed by atoms with E-state index in [1.807, 2.05) is 54.6 Å². The third-order valence-corrected chi connectivity index (χ3v) is 4.01. The molecule has 0 aliphatic carbocycles. The van der Waals surface area contributed by atoms with Crippen LogP contribution in [0.5, 0.6) is 11.5 Å². The highest BCUT2D eigenvalue weighted by Crippen LogP contribution is 2.18. The van der Waals surface area contributed by atoms with Crippen molar-refractivity contribution < 1.29 is 23.8 Å². The zero-order chi connectivity index (χ0) is 19.5. The fourth-order valence-electron chi connectivity index (χ4n) is 2.55. The van der Waals surface area contributed by atoms with Gasteiger partial charge in [-0.3, -0.25) is 9.59 Å². The summed E-state index contributed by atoms with van der Waals surface area (Å²) in [4.78, 5) is 23.9. The first-order chi connectivity index (χ1) is 13.1. The lowest BCUT2D eigenvalue weighted by molar-refractivity contribution is -0.141. The lowest BCUT2D eigenvalue weighted by Crippen LogP contribution is -2.30. The molecule has 6 heteroatoms. The van der Waals surface area contributed by atoms with Crippen molar-refractivity contribution in [3.05, 3.63) is 60.2 Å². The van der Waals surface area contributed by atoms with Gasteiger partial charge in [-0.2, -0.15) is 0 Å². The smallest absolute Gasteiger partial charge is 0.307 e. The predicted octanol–water partition coefficient (Wildman–Crippen LogP) is 3.27. The lowest BCUT2D eigenvalue weighted by atomic mass is 10.0. The number of hydrogen-bond donors (Lipinski definition) is 1. The van der Waals surface area contributed by atoms with E-state index < -0.39 is 6.04 Å². The summed E-state index contributed by atoms with van der Waals surface area (Å²) in [5, 5.41) is 2.90. The number of carbonyl (C=O) groups excluding carboxylic acids is 2. The fourth-order valence-corrected chi connectivity index (χ4v) is 2.55. The molecule has 0 radical (unpaired) electrons. The normalized spacial score (nSPS) is 11.3. The molecule has 0 heterocycles. The van der Waals surface area contributed by atoms with Crippen molar-refractivity contribution in [3.8, 4) is 11.5 Å². The van der Waals surface area contributed by atoms with Gasteiger partial charge in [-0.1, -0.05) is 30.3 Å². The first-order valence-electron chi connectivity index (χ1n) is 8.80. The molecule has 0 saturated carbocycles. The zero-order valence-electron chi connectivity index (χ0n) is 15.6. The van der Waals surface area contributed by atoms with Gasteiger partial charge in [0.2, 0.25) is 5.91 Å². The summed E-state index contributed by atoms with van der Waals surface area (Å²) in [6.45, 7) is 0.423. The summed E-state index contributed by atoms with van der Waals surface area (Å²) < 4.78 is 15.4. The van der Waals surface area contributed by atoms with Gasteiger partial charge in [-0.25, -0.2) is 0 Å². The molecule has 1 amide bonds. The van der Waals surface area contributed by atoms with E-state index in [2.05, 4.69) is 5.32 Å². The quantitative estimate of drug-likeness (QED) is 0.512. The molecule has 0 aliphatic heterocycles. The number of esters is 1. The third kappa shape index (κ3) is 7.01. The van der Waals surface area contributed by atoms with E-state index in [1.54, 1.807) is 7.11 Å². The molecular formula is C21H25NO5. The fraction of sp³-hybridized carbons (Fsp3) is 0.333. The number of methoxy groups -OCH3 is 2. The Bertz CT molecular complexity index is 715. The van der Waals surface area contributed by atoms with Crippen molar-refractivity contribution in [1.82, 2.24) is 5.32 Å². The van der Waals surface area contributed by atoms with Crippen molar-refractivity contribution in [2.75, 3.05) is 20.8 Å². The monoisotopic (exact) mass is 371 g/mol. The Morgan fingerprint density at radius 2 is 1.63 bits per heavy atom. The van der Waals surface area contributed by atoms with Gasteiger partial charge in [-0.15, -0.1) is 0 Å². The number of benzene rings is 2. The molecule has 0 fully saturated rings. The van der Waals surface area contributed by atoms with E-state index in [1.165, 1.54) is 7.11 Å². The summed E-state index contributed by atoms with van der Waals surface area (Å²) in [6, 6.07) is 16.2. The molecule has 0 bridgehead atoms. The summed E-state index contributed by atoms with van der Waals surface area (Å²) in [5.41, 5.74) is 0.866. The van der Waals surface area contributed by atoms with Crippen molar-refractivity contribution in [1.29, 1.82) is 0 Å². The van der Waals surface area contributed by atoms with Crippen LogP contribution in [0.3, 0.4) is 0 Å². The van der Waals surface area contributed by atoms with E-state index in [0.29, 0.717) is 19.4 Å². The molecule has 27 heavy (non-hydrogen) atoms. The summed E-state index contributed by atoms with van der Waals surface area (Å²) in [7, 11) is 2.94. The first-order valence-corrected chi connectivity index (χ1v) is 8.80. The molecule has 6 nitrogen and oxygen atoms in total. The SMILES string of the molecule is COC(=O)CC(NC(=O)CCCOc1ccc(OC)cc1)c1ccccc1. The van der Waals surface area contributed by atoms with Gasteiger partial charge in [0, 0.05) is 6.42 Å². The first kappa shape index (κ1) is 20.3. The van der Waals surface area contributed by atoms with Crippen LogP contribution in [0, 0.1) is 0 Å². The lowest BCUT2D eigenvalue weighted by Gasteiger charge is -2.18. The molecule has 0 aromatic heterocycles. The second kappa shape index (κ2) is 10.9. The van der Waals surface area contributed by atoms with Crippen LogP contribution in [0.2, 0.25) is 0 Å². The molecule has 0 saturated heterocycles. The summed E-state index contributed by atoms with van der Waals surface area (Å²) in [6.07, 6.45) is 0.965. The average molecular weight is 371 g/mol. The van der Waals surface area contributed by atoms with Gasteiger partial charge in [-0.05, 0) is 36.2 Å². The molecule has 0 aliphatic rings. The van der Waals surface area contributed by atoms with Gasteiger partial charge in [0.05, 0.1) is 33.3 Å². The number of rotatable bonds is 10. The van der Waals surface area contributed by atoms with Crippen LogP contribution in [0.15, 0.2) is 54.6 Å². The highest BCUT2D eigenvalue weighted by molar-refractivity contribution is 5.78. The maximum absolute atomic E-state index is 12.3. The van der Waals surface area contributed by atoms with Crippen LogP contribution in [0.1, 0.15) is 30.9 Å². The van der Waals surface area contributed by atoms with Gasteiger partial charge in [0.15, 0.2) is 0 Å². The zero-order valence-corrected chi connectivity index (χ0v) is 15.6. The van der Waals surface area contributed by atoms with Crippen molar-refractivity contribution >= 4 is 11.9 Å². The van der Waals surface area contributed by atoms with Crippen LogP contribution in [0.25, 0.3) is 0 Å². The van der Waals surface area contributed by atoms with Gasteiger partial charge < -0.3 is 19.5 Å². The van der Waals surface area contributed by atoms with Gasteiger partial charge >= 0.3 is 5.97 Å². The maximum atomic E-state index is 12.3. The Balaban J connectivity index is 1.79. The Hall–Kier alpha value is -3.02. The highest BCUT2D eigenvalue weighted by Gasteiger charge is 2.18. The van der Waals surface area contributed by atoms with E-state index in [-0.39, 0.29) is 18.3 Å². The molecule has 1 unspecified atom stereocenters. The number of amides is 1. The maximum Gasteiger partial charge on any atom is 0.307 e. The summed E-state index contributed by atoms with van der Waals surface area (Å²) in [5.74, 6) is 0.987. The molecule has 2 rings (SSSR count). The highest BCUT2D eigenvalue weighted by atomic mass is 16.5. The standard InChI is InChI=1S/C21H25NO5/c1-25-17-10-12-18(13-11-17)27-14-6-9-20(23)22-19(15-21(24)26-2)16-7-4-3-5-8-16/h3-5,7-8,10-13,19H,6,9,14-15H2,1-2H3,(H,22,23). The second-order valence-electron chi connectivity index (χ2n) is 5.94. The number of nitrogens with one attached hydrogen (secondary N) is 1. The van der Waals surface area contributed by atoms with Crippen LogP contribution in [0.4, 0.5) is 0 Å². The van der Waals surface area contributed by atoms with Crippen molar-refractivity contribution in [2.24, 2.45) is 0 Å². The topological polar surface area (TPSA) is 73.9 Å². The number of hydrogen-bond acceptors (Lipinski definition) is 5. The van der Waals surface area contributed by atoms with E-state index >= 15 is 0 Å². The Kier molecular flexibility index (Phi) is 8.16. The number of ether oxygens (including phenoxy) is 3. The minimum Gasteiger partial charge on any atom is -0.497 e. The number of carbonyl (C=O) groups is 2. The van der Waals surface area contributed by atoms with Gasteiger partial charge in [0.1, 0.15) is 11.5 Å². The van der Waals surface area contributed by atoms with Crippen molar-refractivity contribution in [3.63, 3.8) is 0 Å². The molecule has 2 aromatic carbocycles. The second-order valence-corrected chi connectivity index (χ2v) is 5.94. The van der Waals surface area contributed by atoms with E-state index in [4.69, 9.17) is 14.2 Å². The predicted molar refractivity (Wildman–Crippen MR) is 102 cm³/mol. The van der Waals surface area contributed by atoms with Gasteiger partial charge in [0.25, 0.3) is 0 Å². The molecule has 1 atom stereocenters. The average Bonchev–Trinajstić information content (AvgIpc) is 2.71. The largest absolute Gasteiger partial charge is 0.497 e. The van der Waals surface area contributed by atoms with Crippen LogP contribution in [-0.4, -0.2) is 32.7 Å². The molecule has 0 spiro atoms. The summed E-state index contributed by atoms with van der Waals surface area (Å²) >= 11 is 0. The van der Waals surface area contributed by atoms with Crippen LogP contribution < -0.4 is 14.8 Å². The molecule has 144 valence electrons. The van der Waals surface area contributed by atoms with Crippen LogP contribution in [-0.2, 0) is 14.3 Å². The van der Waals surface area contributed by atoms with Crippen LogP contribution >= 0.6 is 0 Å². The minimum atomic E-state index is -0.409. The Labute approximate surface area is 159 Å². The van der Waals surface area contributed by atoms with E-state index in [0.717, 1.165) is 17.1 Å². The van der Waals surface area contributed by atoms with Crippen molar-refractivity contribution in [2.45, 2.75) is 25.3 Å². The third-order valence-electron chi connectivity index (χ3n) is 4.01. The molecular weight excluding hydrogens is 346 g/mol. The Morgan fingerprint density at radius 1 is 0.963 bits per heavy atom. The Morgan fingerprint density at radius 3 is 2.26 bits per heavy atom.